The molecular formula is C15H19NO7. The van der Waals surface area contributed by atoms with Crippen molar-refractivity contribution in [3.63, 3.8) is 0 Å². The number of carbonyl (C=O) groups is 2. The van der Waals surface area contributed by atoms with Crippen LogP contribution in [0.3, 0.4) is 0 Å². The fourth-order valence-corrected chi connectivity index (χ4v) is 2.35. The third kappa shape index (κ3) is 4.26. The monoisotopic (exact) mass is 325 g/mol. The summed E-state index contributed by atoms with van der Waals surface area (Å²) in [5.41, 5.74) is 0.810. The predicted molar refractivity (Wildman–Crippen MR) is 77.1 cm³/mol. The van der Waals surface area contributed by atoms with Crippen molar-refractivity contribution in [1.82, 2.24) is 5.32 Å². The average molecular weight is 325 g/mol. The number of hydrogen-bond acceptors (Lipinski definition) is 6. The summed E-state index contributed by atoms with van der Waals surface area (Å²) in [6.07, 6.45) is -6.06. The van der Waals surface area contributed by atoms with Crippen LogP contribution < -0.4 is 5.32 Å². The molecule has 1 saturated heterocycles. The van der Waals surface area contributed by atoms with Gasteiger partial charge in [0.15, 0.2) is 12.4 Å². The number of aliphatic hydroxyl groups is 2. The molecule has 1 fully saturated rings. The lowest BCUT2D eigenvalue weighted by Gasteiger charge is -2.41. The predicted octanol–water partition coefficient (Wildman–Crippen LogP) is -0.761. The molecule has 1 aliphatic heterocycles. The zero-order valence-electron chi connectivity index (χ0n) is 12.5. The molecule has 0 saturated carbocycles. The highest BCUT2D eigenvalue weighted by Gasteiger charge is 2.48. The van der Waals surface area contributed by atoms with Gasteiger partial charge in [-0.25, -0.2) is 4.79 Å². The number of ether oxygens (including phenoxy) is 2. The minimum absolute atomic E-state index is 0.0940. The van der Waals surface area contributed by atoms with Crippen LogP contribution in [-0.4, -0.2) is 57.8 Å². The second kappa shape index (κ2) is 7.51. The van der Waals surface area contributed by atoms with Gasteiger partial charge in [-0.2, -0.15) is 0 Å². The van der Waals surface area contributed by atoms with Gasteiger partial charge in [0, 0.05) is 6.92 Å². The van der Waals surface area contributed by atoms with Gasteiger partial charge in [0.05, 0.1) is 6.61 Å². The lowest BCUT2D eigenvalue weighted by atomic mass is 9.96. The highest BCUT2D eigenvalue weighted by atomic mass is 16.7. The van der Waals surface area contributed by atoms with Crippen molar-refractivity contribution < 1.29 is 34.4 Å². The molecule has 0 bridgehead atoms. The molecule has 1 heterocycles. The molecule has 5 atom stereocenters. The molecule has 0 radical (unpaired) electrons. The van der Waals surface area contributed by atoms with E-state index in [-0.39, 0.29) is 6.61 Å². The van der Waals surface area contributed by atoms with Crippen LogP contribution in [-0.2, 0) is 25.7 Å². The lowest BCUT2D eigenvalue weighted by molar-refractivity contribution is -0.267. The van der Waals surface area contributed by atoms with Crippen molar-refractivity contribution in [1.29, 1.82) is 0 Å². The summed E-state index contributed by atoms with van der Waals surface area (Å²) in [6, 6.07) is 7.98. The van der Waals surface area contributed by atoms with Gasteiger partial charge >= 0.3 is 5.97 Å². The number of aliphatic carboxylic acids is 1. The number of carboxylic acid groups (broad SMARTS) is 1. The first kappa shape index (κ1) is 17.4. The second-order valence-corrected chi connectivity index (χ2v) is 5.27. The Morgan fingerprint density at radius 2 is 1.87 bits per heavy atom. The summed E-state index contributed by atoms with van der Waals surface area (Å²) in [7, 11) is 0. The number of carboxylic acids is 1. The summed E-state index contributed by atoms with van der Waals surface area (Å²) >= 11 is 0. The van der Waals surface area contributed by atoms with Gasteiger partial charge in [-0.05, 0) is 5.56 Å². The standard InChI is InChI=1S/C15H19NO7/c1-8(17)16-10-11(18)12(19)13(14(20)21)23-15(10)22-7-9-5-3-2-4-6-9/h2-6,10-13,15,18-19H,7H2,1H3,(H,16,17)(H,20,21)/t10-,11+,12-,13-,15-/m0/s1. The van der Waals surface area contributed by atoms with Crippen molar-refractivity contribution in [3.05, 3.63) is 35.9 Å². The van der Waals surface area contributed by atoms with E-state index in [0.717, 1.165) is 5.56 Å². The molecule has 4 N–H and O–H groups in total. The number of aliphatic hydroxyl groups excluding tert-OH is 2. The second-order valence-electron chi connectivity index (χ2n) is 5.27. The number of benzene rings is 1. The molecule has 1 aromatic carbocycles. The van der Waals surface area contributed by atoms with Crippen LogP contribution >= 0.6 is 0 Å². The molecule has 126 valence electrons. The molecule has 2 rings (SSSR count). The Balaban J connectivity index is 2.13. The van der Waals surface area contributed by atoms with Crippen LogP contribution in [0.5, 0.6) is 0 Å². The van der Waals surface area contributed by atoms with E-state index in [1.165, 1.54) is 6.92 Å². The average Bonchev–Trinajstić information content (AvgIpc) is 2.51. The van der Waals surface area contributed by atoms with E-state index >= 15 is 0 Å². The summed E-state index contributed by atoms with van der Waals surface area (Å²) in [6.45, 7) is 1.33. The van der Waals surface area contributed by atoms with Crippen molar-refractivity contribution in [2.75, 3.05) is 0 Å². The molecule has 1 aromatic rings. The van der Waals surface area contributed by atoms with Gasteiger partial charge in [0.25, 0.3) is 0 Å². The molecule has 1 aliphatic rings. The molecular weight excluding hydrogens is 306 g/mol. The Bertz CT molecular complexity index is 550. The first-order chi connectivity index (χ1) is 10.9. The highest BCUT2D eigenvalue weighted by molar-refractivity contribution is 5.74. The van der Waals surface area contributed by atoms with Crippen LogP contribution in [0.4, 0.5) is 0 Å². The molecule has 0 aliphatic carbocycles. The van der Waals surface area contributed by atoms with Gasteiger partial charge in [0.2, 0.25) is 5.91 Å². The number of carbonyl (C=O) groups excluding carboxylic acids is 1. The number of hydrogen-bond donors (Lipinski definition) is 4. The first-order valence-electron chi connectivity index (χ1n) is 7.07. The quantitative estimate of drug-likeness (QED) is 0.560. The van der Waals surface area contributed by atoms with Crippen molar-refractivity contribution >= 4 is 11.9 Å². The molecule has 0 spiro atoms. The lowest BCUT2D eigenvalue weighted by Crippen LogP contribution is -2.65. The van der Waals surface area contributed by atoms with E-state index in [1.54, 1.807) is 12.1 Å². The first-order valence-corrected chi connectivity index (χ1v) is 7.07. The summed E-state index contributed by atoms with van der Waals surface area (Å²) in [5, 5.41) is 31.4. The topological polar surface area (TPSA) is 125 Å². The molecule has 0 unspecified atom stereocenters. The van der Waals surface area contributed by atoms with Gasteiger partial charge < -0.3 is 30.1 Å². The SMILES string of the molecule is CC(=O)N[C@@H]1[C@@H](OCc2ccccc2)O[C@H](C(=O)O)[C@@H](O)[C@@H]1O. The van der Waals surface area contributed by atoms with E-state index in [9.17, 15) is 19.8 Å². The molecule has 0 aromatic heterocycles. The van der Waals surface area contributed by atoms with E-state index in [4.69, 9.17) is 14.6 Å². The van der Waals surface area contributed by atoms with Crippen LogP contribution in [0.1, 0.15) is 12.5 Å². The zero-order chi connectivity index (χ0) is 17.0. The third-order valence-electron chi connectivity index (χ3n) is 3.47. The summed E-state index contributed by atoms with van der Waals surface area (Å²) in [5.74, 6) is -1.89. The van der Waals surface area contributed by atoms with Crippen LogP contribution in [0.25, 0.3) is 0 Å². The van der Waals surface area contributed by atoms with Crippen LogP contribution in [0, 0.1) is 0 Å². The minimum atomic E-state index is -1.68. The maximum Gasteiger partial charge on any atom is 0.335 e. The Kier molecular flexibility index (Phi) is 5.67. The maximum absolute atomic E-state index is 11.3. The Labute approximate surface area is 132 Å². The molecule has 1 amide bonds. The molecule has 8 heteroatoms. The van der Waals surface area contributed by atoms with Crippen molar-refractivity contribution in [2.24, 2.45) is 0 Å². The fraction of sp³-hybridized carbons (Fsp3) is 0.467. The summed E-state index contributed by atoms with van der Waals surface area (Å²) < 4.78 is 10.7. The highest BCUT2D eigenvalue weighted by Crippen LogP contribution is 2.23. The Morgan fingerprint density at radius 1 is 1.22 bits per heavy atom. The van der Waals surface area contributed by atoms with Gasteiger partial charge in [-0.1, -0.05) is 30.3 Å². The minimum Gasteiger partial charge on any atom is -0.479 e. The van der Waals surface area contributed by atoms with Crippen molar-refractivity contribution in [3.8, 4) is 0 Å². The van der Waals surface area contributed by atoms with E-state index in [0.29, 0.717) is 0 Å². The van der Waals surface area contributed by atoms with E-state index < -0.39 is 42.5 Å². The smallest absolute Gasteiger partial charge is 0.335 e. The Morgan fingerprint density at radius 3 is 2.43 bits per heavy atom. The maximum atomic E-state index is 11.3. The van der Waals surface area contributed by atoms with Crippen LogP contribution in [0.15, 0.2) is 30.3 Å². The largest absolute Gasteiger partial charge is 0.479 e. The van der Waals surface area contributed by atoms with Crippen molar-refractivity contribution in [2.45, 2.75) is 44.2 Å². The van der Waals surface area contributed by atoms with Crippen LogP contribution in [0.2, 0.25) is 0 Å². The zero-order valence-corrected chi connectivity index (χ0v) is 12.5. The normalized spacial score (nSPS) is 30.7. The fourth-order valence-electron chi connectivity index (χ4n) is 2.35. The number of rotatable bonds is 5. The Hall–Kier alpha value is -2.00. The van der Waals surface area contributed by atoms with E-state index in [1.807, 2.05) is 18.2 Å². The van der Waals surface area contributed by atoms with E-state index in [2.05, 4.69) is 5.32 Å². The molecule has 23 heavy (non-hydrogen) atoms. The third-order valence-corrected chi connectivity index (χ3v) is 3.47. The van der Waals surface area contributed by atoms with Gasteiger partial charge in [-0.3, -0.25) is 4.79 Å². The summed E-state index contributed by atoms with van der Waals surface area (Å²) in [4.78, 5) is 22.4. The van der Waals surface area contributed by atoms with Gasteiger partial charge in [-0.15, -0.1) is 0 Å². The molecule has 8 nitrogen and oxygen atoms in total. The number of nitrogens with one attached hydrogen (secondary N) is 1. The number of amides is 1. The van der Waals surface area contributed by atoms with Gasteiger partial charge in [0.1, 0.15) is 18.2 Å².